The molecule has 0 aliphatic carbocycles. The van der Waals surface area contributed by atoms with Gasteiger partial charge in [0, 0.05) is 17.7 Å². The molecule has 0 fully saturated rings. The summed E-state index contributed by atoms with van der Waals surface area (Å²) < 4.78 is 35.5. The SMILES string of the molecule is NC/C=C/c1cc(C(F)F)cc2c1OCO2. The van der Waals surface area contributed by atoms with Gasteiger partial charge in [0.2, 0.25) is 6.79 Å². The topological polar surface area (TPSA) is 44.5 Å². The van der Waals surface area contributed by atoms with Gasteiger partial charge in [-0.3, -0.25) is 0 Å². The van der Waals surface area contributed by atoms with E-state index >= 15 is 0 Å². The zero-order valence-electron chi connectivity index (χ0n) is 8.45. The van der Waals surface area contributed by atoms with Crippen LogP contribution in [0.3, 0.4) is 0 Å². The van der Waals surface area contributed by atoms with E-state index in [9.17, 15) is 8.78 Å². The molecule has 2 N–H and O–H groups in total. The molecule has 0 unspecified atom stereocenters. The Bertz CT molecular complexity index is 419. The lowest BCUT2D eigenvalue weighted by molar-refractivity contribution is 0.150. The Hall–Kier alpha value is -1.62. The van der Waals surface area contributed by atoms with Crippen LogP contribution < -0.4 is 15.2 Å². The number of halogens is 2. The molecule has 0 bridgehead atoms. The van der Waals surface area contributed by atoms with Crippen LogP contribution in [-0.2, 0) is 0 Å². The highest BCUT2D eigenvalue weighted by atomic mass is 19.3. The van der Waals surface area contributed by atoms with Crippen molar-refractivity contribution in [3.05, 3.63) is 29.3 Å². The van der Waals surface area contributed by atoms with Crippen molar-refractivity contribution in [2.24, 2.45) is 5.73 Å². The van der Waals surface area contributed by atoms with Crippen molar-refractivity contribution in [2.45, 2.75) is 6.43 Å². The molecule has 0 aromatic heterocycles. The molecule has 1 aliphatic rings. The van der Waals surface area contributed by atoms with Gasteiger partial charge in [0.1, 0.15) is 0 Å². The number of fused-ring (bicyclic) bond motifs is 1. The summed E-state index contributed by atoms with van der Waals surface area (Å²) in [6.45, 7) is 0.403. The van der Waals surface area contributed by atoms with Crippen molar-refractivity contribution in [3.8, 4) is 11.5 Å². The summed E-state index contributed by atoms with van der Waals surface area (Å²) in [6.07, 6.45) is 0.797. The standard InChI is InChI=1S/C11H11F2NO2/c12-11(13)8-4-7(2-1-3-14)10-9(5-8)15-6-16-10/h1-2,4-5,11H,3,6,14H2/b2-1+. The summed E-state index contributed by atoms with van der Waals surface area (Å²) in [5, 5.41) is 0. The van der Waals surface area contributed by atoms with Crippen LogP contribution in [0.25, 0.3) is 6.08 Å². The van der Waals surface area contributed by atoms with Crippen molar-refractivity contribution < 1.29 is 18.3 Å². The van der Waals surface area contributed by atoms with E-state index in [1.54, 1.807) is 12.2 Å². The van der Waals surface area contributed by atoms with Gasteiger partial charge < -0.3 is 15.2 Å². The highest BCUT2D eigenvalue weighted by molar-refractivity contribution is 5.64. The van der Waals surface area contributed by atoms with Gasteiger partial charge in [-0.15, -0.1) is 0 Å². The number of alkyl halides is 2. The average Bonchev–Trinajstić information content (AvgIpc) is 2.73. The van der Waals surface area contributed by atoms with Crippen molar-refractivity contribution in [3.63, 3.8) is 0 Å². The van der Waals surface area contributed by atoms with Gasteiger partial charge in [-0.25, -0.2) is 8.78 Å². The Morgan fingerprint density at radius 3 is 2.88 bits per heavy atom. The Morgan fingerprint density at radius 1 is 1.38 bits per heavy atom. The molecule has 0 saturated carbocycles. The van der Waals surface area contributed by atoms with E-state index in [1.165, 1.54) is 12.1 Å². The Balaban J connectivity index is 2.45. The Morgan fingerprint density at radius 2 is 2.19 bits per heavy atom. The van der Waals surface area contributed by atoms with Gasteiger partial charge in [-0.1, -0.05) is 12.2 Å². The van der Waals surface area contributed by atoms with E-state index in [0.717, 1.165) is 0 Å². The molecule has 1 aliphatic heterocycles. The predicted molar refractivity (Wildman–Crippen MR) is 55.6 cm³/mol. The second-order valence-electron chi connectivity index (χ2n) is 3.28. The minimum Gasteiger partial charge on any atom is -0.454 e. The molecule has 0 radical (unpaired) electrons. The first kappa shape index (κ1) is 10.9. The van der Waals surface area contributed by atoms with E-state index in [1.807, 2.05) is 0 Å². The molecule has 1 heterocycles. The highest BCUT2D eigenvalue weighted by Gasteiger charge is 2.20. The summed E-state index contributed by atoms with van der Waals surface area (Å²) in [6, 6.07) is 2.68. The van der Waals surface area contributed by atoms with Crippen molar-refractivity contribution in [2.75, 3.05) is 13.3 Å². The maximum atomic E-state index is 12.6. The van der Waals surface area contributed by atoms with Crippen LogP contribution in [0.1, 0.15) is 17.6 Å². The number of ether oxygens (including phenoxy) is 2. The number of nitrogens with two attached hydrogens (primary N) is 1. The highest BCUT2D eigenvalue weighted by Crippen LogP contribution is 2.39. The molecule has 1 aromatic carbocycles. The first-order chi connectivity index (χ1) is 7.72. The van der Waals surface area contributed by atoms with Crippen LogP contribution >= 0.6 is 0 Å². The zero-order valence-corrected chi connectivity index (χ0v) is 8.45. The smallest absolute Gasteiger partial charge is 0.264 e. The molecule has 86 valence electrons. The summed E-state index contributed by atoms with van der Waals surface area (Å²) in [4.78, 5) is 0. The van der Waals surface area contributed by atoms with Gasteiger partial charge in [-0.05, 0) is 12.1 Å². The van der Waals surface area contributed by atoms with E-state index in [0.29, 0.717) is 23.6 Å². The summed E-state index contributed by atoms with van der Waals surface area (Å²) in [5.74, 6) is 0.851. The minimum absolute atomic E-state index is 0.0610. The molecule has 0 saturated heterocycles. The summed E-state index contributed by atoms with van der Waals surface area (Å²) in [7, 11) is 0. The van der Waals surface area contributed by atoms with Crippen LogP contribution in [0.4, 0.5) is 8.78 Å². The Kier molecular flexibility index (Phi) is 3.05. The minimum atomic E-state index is -2.53. The second kappa shape index (κ2) is 4.49. The molecular formula is C11H11F2NO2. The molecule has 2 rings (SSSR count). The van der Waals surface area contributed by atoms with E-state index < -0.39 is 6.43 Å². The number of hydrogen-bond acceptors (Lipinski definition) is 3. The van der Waals surface area contributed by atoms with Crippen LogP contribution in [-0.4, -0.2) is 13.3 Å². The zero-order chi connectivity index (χ0) is 11.5. The van der Waals surface area contributed by atoms with Crippen LogP contribution in [0.15, 0.2) is 18.2 Å². The van der Waals surface area contributed by atoms with Crippen LogP contribution in [0, 0.1) is 0 Å². The fourth-order valence-electron chi connectivity index (χ4n) is 1.50. The third-order valence-corrected chi connectivity index (χ3v) is 2.21. The molecule has 0 amide bonds. The lowest BCUT2D eigenvalue weighted by Gasteiger charge is -2.05. The average molecular weight is 227 g/mol. The van der Waals surface area contributed by atoms with Crippen molar-refractivity contribution in [1.82, 2.24) is 0 Å². The van der Waals surface area contributed by atoms with Crippen molar-refractivity contribution in [1.29, 1.82) is 0 Å². The monoisotopic (exact) mass is 227 g/mol. The first-order valence-electron chi connectivity index (χ1n) is 4.80. The third kappa shape index (κ3) is 1.99. The maximum absolute atomic E-state index is 12.6. The van der Waals surface area contributed by atoms with Gasteiger partial charge in [0.15, 0.2) is 11.5 Å². The number of hydrogen-bond donors (Lipinski definition) is 1. The predicted octanol–water partition coefficient (Wildman–Crippen LogP) is 2.32. The van der Waals surface area contributed by atoms with Crippen LogP contribution in [0.5, 0.6) is 11.5 Å². The molecule has 3 nitrogen and oxygen atoms in total. The van der Waals surface area contributed by atoms with Crippen molar-refractivity contribution >= 4 is 6.08 Å². The number of rotatable bonds is 3. The quantitative estimate of drug-likeness (QED) is 0.861. The largest absolute Gasteiger partial charge is 0.454 e. The van der Waals surface area contributed by atoms with E-state index in [-0.39, 0.29) is 12.4 Å². The lowest BCUT2D eigenvalue weighted by atomic mass is 10.1. The molecule has 16 heavy (non-hydrogen) atoms. The number of benzene rings is 1. The summed E-state index contributed by atoms with van der Waals surface area (Å²) in [5.41, 5.74) is 5.80. The molecule has 0 spiro atoms. The normalized spacial score (nSPS) is 14.0. The summed E-state index contributed by atoms with van der Waals surface area (Å²) >= 11 is 0. The van der Waals surface area contributed by atoms with E-state index in [4.69, 9.17) is 15.2 Å². The maximum Gasteiger partial charge on any atom is 0.264 e. The van der Waals surface area contributed by atoms with E-state index in [2.05, 4.69) is 0 Å². The van der Waals surface area contributed by atoms with Gasteiger partial charge >= 0.3 is 0 Å². The molecule has 5 heteroatoms. The molecular weight excluding hydrogens is 216 g/mol. The van der Waals surface area contributed by atoms with Gasteiger partial charge in [0.25, 0.3) is 6.43 Å². The van der Waals surface area contributed by atoms with Gasteiger partial charge in [0.05, 0.1) is 0 Å². The lowest BCUT2D eigenvalue weighted by Crippen LogP contribution is -1.94. The third-order valence-electron chi connectivity index (χ3n) is 2.21. The van der Waals surface area contributed by atoms with Crippen LogP contribution in [0.2, 0.25) is 0 Å². The first-order valence-corrected chi connectivity index (χ1v) is 4.80. The second-order valence-corrected chi connectivity index (χ2v) is 3.28. The fraction of sp³-hybridized carbons (Fsp3) is 0.273. The molecule has 0 atom stereocenters. The Labute approximate surface area is 91.5 Å². The van der Waals surface area contributed by atoms with Gasteiger partial charge in [-0.2, -0.15) is 0 Å². The fourth-order valence-corrected chi connectivity index (χ4v) is 1.50. The molecule has 1 aromatic rings.